The molecule has 0 fully saturated rings. The molecule has 0 aliphatic carbocycles. The van der Waals surface area contributed by atoms with Crippen LogP contribution < -0.4 is 0 Å². The average molecular weight is 276 g/mol. The van der Waals surface area contributed by atoms with Gasteiger partial charge in [-0.15, -0.1) is 11.6 Å². The lowest BCUT2D eigenvalue weighted by molar-refractivity contribution is 0.900. The van der Waals surface area contributed by atoms with E-state index in [1.165, 1.54) is 23.1 Å². The third-order valence-corrected chi connectivity index (χ3v) is 3.30. The van der Waals surface area contributed by atoms with Crippen LogP contribution in [0.4, 0.5) is 0 Å². The first-order valence-corrected chi connectivity index (χ1v) is 6.70. The Morgan fingerprint density at radius 3 is 2.57 bits per heavy atom. The van der Waals surface area contributed by atoms with Crippen molar-refractivity contribution < 1.29 is 0 Å². The molecule has 78 valence electrons. The Hall–Kier alpha value is -0.0100. The molecule has 1 aromatic rings. The highest BCUT2D eigenvalue weighted by Gasteiger charge is 2.05. The molecule has 1 aromatic carbocycles. The second-order valence-corrected chi connectivity index (χ2v) is 4.39. The topological polar surface area (TPSA) is 0 Å². The van der Waals surface area contributed by atoms with Crippen LogP contribution in [0.1, 0.15) is 30.0 Å². The highest BCUT2D eigenvalue weighted by atomic mass is 79.9. The third kappa shape index (κ3) is 2.99. The molecule has 0 radical (unpaired) electrons. The normalized spacial score (nSPS) is 10.5. The van der Waals surface area contributed by atoms with Crippen molar-refractivity contribution in [3.8, 4) is 0 Å². The van der Waals surface area contributed by atoms with Gasteiger partial charge in [0.15, 0.2) is 0 Å². The van der Waals surface area contributed by atoms with E-state index in [9.17, 15) is 0 Å². The maximum atomic E-state index is 5.93. The van der Waals surface area contributed by atoms with E-state index >= 15 is 0 Å². The van der Waals surface area contributed by atoms with E-state index in [0.29, 0.717) is 5.88 Å². The summed E-state index contributed by atoms with van der Waals surface area (Å²) in [5.41, 5.74) is 4.21. The molecule has 0 aliphatic rings. The highest BCUT2D eigenvalue weighted by molar-refractivity contribution is 9.09. The number of benzene rings is 1. The van der Waals surface area contributed by atoms with Crippen LogP contribution in [0.3, 0.4) is 0 Å². The fraction of sp³-hybridized carbons (Fsp3) is 0.500. The minimum atomic E-state index is 0.630. The van der Waals surface area contributed by atoms with E-state index < -0.39 is 0 Å². The largest absolute Gasteiger partial charge is 0.122 e. The van der Waals surface area contributed by atoms with Crippen LogP contribution >= 0.6 is 27.5 Å². The van der Waals surface area contributed by atoms with E-state index in [4.69, 9.17) is 11.6 Å². The summed E-state index contributed by atoms with van der Waals surface area (Å²) in [7, 11) is 0. The molecule has 0 saturated carbocycles. The van der Waals surface area contributed by atoms with Crippen molar-refractivity contribution in [1.82, 2.24) is 0 Å². The van der Waals surface area contributed by atoms with Crippen molar-refractivity contribution in [2.24, 2.45) is 0 Å². The van der Waals surface area contributed by atoms with E-state index in [-0.39, 0.29) is 0 Å². The highest BCUT2D eigenvalue weighted by Crippen LogP contribution is 2.19. The predicted octanol–water partition coefficient (Wildman–Crippen LogP) is 4.32. The molecule has 0 saturated heterocycles. The van der Waals surface area contributed by atoms with Crippen LogP contribution in [0, 0.1) is 0 Å². The zero-order valence-corrected chi connectivity index (χ0v) is 10.9. The van der Waals surface area contributed by atoms with Crippen molar-refractivity contribution in [1.29, 1.82) is 0 Å². The molecule has 0 atom stereocenters. The van der Waals surface area contributed by atoms with Gasteiger partial charge in [0.2, 0.25) is 0 Å². The second-order valence-electron chi connectivity index (χ2n) is 3.33. The number of hydrogen-bond acceptors (Lipinski definition) is 0. The minimum Gasteiger partial charge on any atom is -0.122 e. The monoisotopic (exact) mass is 274 g/mol. The van der Waals surface area contributed by atoms with Crippen LogP contribution in [0.25, 0.3) is 0 Å². The summed E-state index contributed by atoms with van der Waals surface area (Å²) in [6.45, 7) is 2.20. The molecule has 0 N–H and O–H groups in total. The third-order valence-electron chi connectivity index (χ3n) is 2.46. The van der Waals surface area contributed by atoms with Crippen LogP contribution in [0.2, 0.25) is 0 Å². The average Bonchev–Trinajstić information content (AvgIpc) is 2.25. The van der Waals surface area contributed by atoms with Gasteiger partial charge in [-0.25, -0.2) is 0 Å². The maximum Gasteiger partial charge on any atom is 0.0476 e. The Bertz CT molecular complexity index is 261. The van der Waals surface area contributed by atoms with Crippen molar-refractivity contribution >= 4 is 27.5 Å². The van der Waals surface area contributed by atoms with Gasteiger partial charge in [-0.05, 0) is 36.0 Å². The van der Waals surface area contributed by atoms with Crippen LogP contribution in [-0.4, -0.2) is 5.33 Å². The SMILES string of the molecule is CCc1cccc(CCl)c1CCCBr. The number of hydrogen-bond donors (Lipinski definition) is 0. The lowest BCUT2D eigenvalue weighted by atomic mass is 9.96. The van der Waals surface area contributed by atoms with Crippen LogP contribution in [0.15, 0.2) is 18.2 Å². The Kier molecular flexibility index (Phi) is 5.57. The summed E-state index contributed by atoms with van der Waals surface area (Å²) in [6, 6.07) is 6.45. The second kappa shape index (κ2) is 6.47. The van der Waals surface area contributed by atoms with Gasteiger partial charge in [-0.2, -0.15) is 0 Å². The number of rotatable bonds is 5. The Labute approximate surface area is 99.8 Å². The fourth-order valence-corrected chi connectivity index (χ4v) is 2.24. The predicted molar refractivity (Wildman–Crippen MR) is 67.5 cm³/mol. The van der Waals surface area contributed by atoms with Crippen molar-refractivity contribution in [3.63, 3.8) is 0 Å². The number of aryl methyl sites for hydroxylation is 1. The quantitative estimate of drug-likeness (QED) is 0.702. The molecule has 2 heteroatoms. The van der Waals surface area contributed by atoms with Crippen molar-refractivity contribution in [3.05, 3.63) is 34.9 Å². The molecular formula is C12H16BrCl. The standard InChI is InChI=1S/C12H16BrCl/c1-2-10-5-3-6-11(9-14)12(10)7-4-8-13/h3,5-6H,2,4,7-9H2,1H3. The van der Waals surface area contributed by atoms with E-state index in [0.717, 1.165) is 18.2 Å². The summed E-state index contributed by atoms with van der Waals surface area (Å²) in [5, 5.41) is 1.06. The van der Waals surface area contributed by atoms with E-state index in [1.807, 2.05) is 0 Å². The molecule has 0 heterocycles. The van der Waals surface area contributed by atoms with Crippen molar-refractivity contribution in [2.45, 2.75) is 32.1 Å². The molecule has 0 amide bonds. The molecule has 0 aliphatic heterocycles. The first-order chi connectivity index (χ1) is 6.83. The molecule has 0 nitrogen and oxygen atoms in total. The van der Waals surface area contributed by atoms with Crippen molar-refractivity contribution in [2.75, 3.05) is 5.33 Å². The summed E-state index contributed by atoms with van der Waals surface area (Å²) in [5.74, 6) is 0.630. The first-order valence-electron chi connectivity index (χ1n) is 5.05. The Morgan fingerprint density at radius 2 is 2.00 bits per heavy atom. The molecule has 14 heavy (non-hydrogen) atoms. The van der Waals surface area contributed by atoms with Gasteiger partial charge >= 0.3 is 0 Å². The van der Waals surface area contributed by atoms with Gasteiger partial charge in [0.05, 0.1) is 0 Å². The first kappa shape index (κ1) is 12.1. The number of alkyl halides is 2. The van der Waals surface area contributed by atoms with Crippen LogP contribution in [0.5, 0.6) is 0 Å². The van der Waals surface area contributed by atoms with Gasteiger partial charge in [0.25, 0.3) is 0 Å². The van der Waals surface area contributed by atoms with E-state index in [1.54, 1.807) is 0 Å². The van der Waals surface area contributed by atoms with E-state index in [2.05, 4.69) is 41.1 Å². The fourth-order valence-electron chi connectivity index (χ4n) is 1.71. The molecule has 0 bridgehead atoms. The lowest BCUT2D eigenvalue weighted by Gasteiger charge is -2.11. The smallest absolute Gasteiger partial charge is 0.0476 e. The summed E-state index contributed by atoms with van der Waals surface area (Å²) < 4.78 is 0. The molecule has 0 aromatic heterocycles. The minimum absolute atomic E-state index is 0.630. The zero-order valence-electron chi connectivity index (χ0n) is 8.52. The lowest BCUT2D eigenvalue weighted by Crippen LogP contribution is -1.98. The summed E-state index contributed by atoms with van der Waals surface area (Å²) in [4.78, 5) is 0. The van der Waals surface area contributed by atoms with Gasteiger partial charge in [-0.1, -0.05) is 41.1 Å². The molecule has 0 unspecified atom stereocenters. The molecular weight excluding hydrogens is 259 g/mol. The summed E-state index contributed by atoms with van der Waals surface area (Å²) in [6.07, 6.45) is 3.42. The van der Waals surface area contributed by atoms with Crippen LogP contribution in [-0.2, 0) is 18.7 Å². The maximum absolute atomic E-state index is 5.93. The van der Waals surface area contributed by atoms with Gasteiger partial charge < -0.3 is 0 Å². The zero-order chi connectivity index (χ0) is 10.4. The summed E-state index contributed by atoms with van der Waals surface area (Å²) >= 11 is 9.40. The Morgan fingerprint density at radius 1 is 1.29 bits per heavy atom. The van der Waals surface area contributed by atoms with Gasteiger partial charge in [0.1, 0.15) is 0 Å². The molecule has 0 spiro atoms. The van der Waals surface area contributed by atoms with Gasteiger partial charge in [-0.3, -0.25) is 0 Å². The van der Waals surface area contributed by atoms with Gasteiger partial charge in [0, 0.05) is 11.2 Å². The molecule has 1 rings (SSSR count). The Balaban J connectivity index is 2.93. The number of halogens is 2.